The molecule has 0 aliphatic carbocycles. The lowest BCUT2D eigenvalue weighted by molar-refractivity contribution is 0.253. The van der Waals surface area contributed by atoms with Crippen molar-refractivity contribution >= 4 is 23.7 Å². The molecule has 0 bridgehead atoms. The third-order valence-electron chi connectivity index (χ3n) is 3.99. The van der Waals surface area contributed by atoms with Crippen molar-refractivity contribution in [3.63, 3.8) is 0 Å². The molecule has 0 saturated carbocycles. The van der Waals surface area contributed by atoms with Crippen LogP contribution in [-0.4, -0.2) is 38.0 Å². The van der Waals surface area contributed by atoms with E-state index in [-0.39, 0.29) is 25.1 Å². The Bertz CT molecular complexity index is 804. The van der Waals surface area contributed by atoms with Crippen molar-refractivity contribution < 1.29 is 5.11 Å². The lowest BCUT2D eigenvalue weighted by atomic mass is 10.1. The maximum atomic E-state index is 9.19. The molecule has 126 valence electrons. The number of benzene rings is 1. The lowest BCUT2D eigenvalue weighted by Gasteiger charge is -2.24. The molecule has 0 amide bonds. The van der Waals surface area contributed by atoms with Crippen molar-refractivity contribution in [2.24, 2.45) is 0 Å². The standard InChI is InChI=1S/C16H17N5OS.ClH/c22-9-6-12-14-19-20-15(21(14)8-7-17-12)13-10-23-16(18-13)11-4-2-1-3-5-11;/h1-5,10,12,17,22H,6-9H2;1H. The summed E-state index contributed by atoms with van der Waals surface area (Å²) in [4.78, 5) is 4.73. The highest BCUT2D eigenvalue weighted by Gasteiger charge is 2.25. The first kappa shape index (κ1) is 17.0. The number of aromatic nitrogens is 4. The van der Waals surface area contributed by atoms with Crippen LogP contribution >= 0.6 is 23.7 Å². The van der Waals surface area contributed by atoms with E-state index < -0.39 is 0 Å². The van der Waals surface area contributed by atoms with Gasteiger partial charge in [0.25, 0.3) is 0 Å². The van der Waals surface area contributed by atoms with Crippen molar-refractivity contribution in [2.45, 2.75) is 19.0 Å². The van der Waals surface area contributed by atoms with Crippen LogP contribution in [-0.2, 0) is 6.54 Å². The molecular formula is C16H18ClN5OS. The second kappa shape index (κ2) is 7.40. The van der Waals surface area contributed by atoms with E-state index in [0.29, 0.717) is 6.42 Å². The maximum Gasteiger partial charge on any atom is 0.183 e. The molecular weight excluding hydrogens is 346 g/mol. The van der Waals surface area contributed by atoms with E-state index in [1.165, 1.54) is 0 Å². The molecule has 4 rings (SSSR count). The molecule has 0 fully saturated rings. The lowest BCUT2D eigenvalue weighted by Crippen LogP contribution is -2.34. The third-order valence-corrected chi connectivity index (χ3v) is 4.88. The van der Waals surface area contributed by atoms with Crippen LogP contribution in [0.5, 0.6) is 0 Å². The van der Waals surface area contributed by atoms with Gasteiger partial charge < -0.3 is 15.0 Å². The van der Waals surface area contributed by atoms with Crippen molar-refractivity contribution in [3.8, 4) is 22.1 Å². The minimum atomic E-state index is 0. The van der Waals surface area contributed by atoms with Gasteiger partial charge in [-0.1, -0.05) is 30.3 Å². The summed E-state index contributed by atoms with van der Waals surface area (Å²) < 4.78 is 2.11. The van der Waals surface area contributed by atoms with E-state index in [4.69, 9.17) is 4.98 Å². The molecule has 0 spiro atoms. The topological polar surface area (TPSA) is 75.9 Å². The van der Waals surface area contributed by atoms with Crippen LogP contribution in [0.3, 0.4) is 0 Å². The van der Waals surface area contributed by atoms with Gasteiger partial charge in [0.1, 0.15) is 10.7 Å². The smallest absolute Gasteiger partial charge is 0.183 e. The number of aliphatic hydroxyl groups is 1. The number of halogens is 1. The summed E-state index contributed by atoms with van der Waals surface area (Å²) in [5.74, 6) is 1.69. The SMILES string of the molecule is Cl.OCCC1NCCn2c(-c3csc(-c4ccccc4)n3)nnc21. The van der Waals surface area contributed by atoms with Gasteiger partial charge in [0.05, 0.1) is 6.04 Å². The number of rotatable bonds is 4. The molecule has 2 aromatic heterocycles. The number of fused-ring (bicyclic) bond motifs is 1. The molecule has 8 heteroatoms. The van der Waals surface area contributed by atoms with Crippen LogP contribution in [0.4, 0.5) is 0 Å². The molecule has 24 heavy (non-hydrogen) atoms. The highest BCUT2D eigenvalue weighted by Crippen LogP contribution is 2.30. The zero-order valence-corrected chi connectivity index (χ0v) is 14.6. The molecule has 3 heterocycles. The Morgan fingerprint density at radius 2 is 2.08 bits per heavy atom. The molecule has 3 aromatic rings. The van der Waals surface area contributed by atoms with Crippen LogP contribution in [0.1, 0.15) is 18.3 Å². The summed E-state index contributed by atoms with van der Waals surface area (Å²) in [5.41, 5.74) is 1.97. The van der Waals surface area contributed by atoms with Crippen molar-refractivity contribution in [2.75, 3.05) is 13.2 Å². The summed E-state index contributed by atoms with van der Waals surface area (Å²) in [6.07, 6.45) is 0.643. The molecule has 1 unspecified atom stereocenters. The number of nitrogens with zero attached hydrogens (tertiary/aromatic N) is 4. The molecule has 0 saturated heterocycles. The summed E-state index contributed by atoms with van der Waals surface area (Å²) in [7, 11) is 0. The summed E-state index contributed by atoms with van der Waals surface area (Å²) >= 11 is 1.61. The van der Waals surface area contributed by atoms with Gasteiger partial charge >= 0.3 is 0 Å². The first-order valence-electron chi connectivity index (χ1n) is 7.65. The number of hydrogen-bond acceptors (Lipinski definition) is 6. The van der Waals surface area contributed by atoms with Crippen molar-refractivity contribution in [1.29, 1.82) is 0 Å². The summed E-state index contributed by atoms with van der Waals surface area (Å²) in [5, 5.41) is 24.2. The van der Waals surface area contributed by atoms with E-state index >= 15 is 0 Å². The molecule has 1 atom stereocenters. The van der Waals surface area contributed by atoms with E-state index in [0.717, 1.165) is 41.0 Å². The van der Waals surface area contributed by atoms with Gasteiger partial charge in [0, 0.05) is 30.6 Å². The average Bonchev–Trinajstić information content (AvgIpc) is 3.23. The van der Waals surface area contributed by atoms with Gasteiger partial charge in [-0.3, -0.25) is 0 Å². The Hall–Kier alpha value is -1.80. The molecule has 2 N–H and O–H groups in total. The van der Waals surface area contributed by atoms with E-state index in [2.05, 4.69) is 32.2 Å². The van der Waals surface area contributed by atoms with E-state index in [1.807, 2.05) is 23.6 Å². The zero-order valence-electron chi connectivity index (χ0n) is 12.9. The van der Waals surface area contributed by atoms with E-state index in [9.17, 15) is 5.11 Å². The Kier molecular flexibility index (Phi) is 5.25. The van der Waals surface area contributed by atoms with E-state index in [1.54, 1.807) is 11.3 Å². The van der Waals surface area contributed by atoms with Gasteiger partial charge in [-0.15, -0.1) is 33.9 Å². The molecule has 1 aromatic carbocycles. The minimum Gasteiger partial charge on any atom is -0.396 e. The Balaban J connectivity index is 0.00000169. The monoisotopic (exact) mass is 363 g/mol. The quantitative estimate of drug-likeness (QED) is 0.745. The second-order valence-corrected chi connectivity index (χ2v) is 6.31. The van der Waals surface area contributed by atoms with Gasteiger partial charge in [-0.25, -0.2) is 4.98 Å². The first-order valence-corrected chi connectivity index (χ1v) is 8.53. The average molecular weight is 364 g/mol. The zero-order chi connectivity index (χ0) is 15.6. The summed E-state index contributed by atoms with van der Waals surface area (Å²) in [6, 6.07) is 10.2. The fraction of sp³-hybridized carbons (Fsp3) is 0.312. The Labute approximate surface area is 150 Å². The molecule has 0 radical (unpaired) electrons. The highest BCUT2D eigenvalue weighted by molar-refractivity contribution is 7.13. The normalized spacial score (nSPS) is 16.5. The van der Waals surface area contributed by atoms with Gasteiger partial charge in [-0.2, -0.15) is 0 Å². The van der Waals surface area contributed by atoms with Crippen LogP contribution < -0.4 is 5.32 Å². The first-order chi connectivity index (χ1) is 11.4. The predicted octanol–water partition coefficient (Wildman–Crippen LogP) is 2.52. The van der Waals surface area contributed by atoms with Crippen LogP contribution in [0.25, 0.3) is 22.1 Å². The largest absolute Gasteiger partial charge is 0.396 e. The fourth-order valence-electron chi connectivity index (χ4n) is 2.87. The summed E-state index contributed by atoms with van der Waals surface area (Å²) in [6.45, 7) is 1.80. The molecule has 6 nitrogen and oxygen atoms in total. The Morgan fingerprint density at radius 3 is 2.88 bits per heavy atom. The highest BCUT2D eigenvalue weighted by atomic mass is 35.5. The van der Waals surface area contributed by atoms with Gasteiger partial charge in [0.2, 0.25) is 0 Å². The van der Waals surface area contributed by atoms with Crippen molar-refractivity contribution in [1.82, 2.24) is 25.1 Å². The molecule has 1 aliphatic rings. The number of hydrogen-bond donors (Lipinski definition) is 2. The van der Waals surface area contributed by atoms with Crippen LogP contribution in [0.15, 0.2) is 35.7 Å². The van der Waals surface area contributed by atoms with Crippen molar-refractivity contribution in [3.05, 3.63) is 41.5 Å². The number of aliphatic hydroxyl groups excluding tert-OH is 1. The molecule has 1 aliphatic heterocycles. The number of nitrogens with one attached hydrogen (secondary N) is 1. The predicted molar refractivity (Wildman–Crippen MR) is 96.3 cm³/mol. The van der Waals surface area contributed by atoms with Crippen LogP contribution in [0, 0.1) is 0 Å². The number of thiazole rings is 1. The fourth-order valence-corrected chi connectivity index (χ4v) is 3.68. The third kappa shape index (κ3) is 3.08. The maximum absolute atomic E-state index is 9.19. The van der Waals surface area contributed by atoms with Gasteiger partial charge in [-0.05, 0) is 6.42 Å². The van der Waals surface area contributed by atoms with Crippen LogP contribution in [0.2, 0.25) is 0 Å². The second-order valence-electron chi connectivity index (χ2n) is 5.46. The van der Waals surface area contributed by atoms with Gasteiger partial charge in [0.15, 0.2) is 11.6 Å². The minimum absolute atomic E-state index is 0. The Morgan fingerprint density at radius 1 is 1.25 bits per heavy atom.